The fourth-order valence-corrected chi connectivity index (χ4v) is 4.79. The monoisotopic (exact) mass is 447 g/mol. The van der Waals surface area contributed by atoms with Gasteiger partial charge in [-0.15, -0.1) is 0 Å². The number of hydrogen-bond acceptors (Lipinski definition) is 5. The Hall–Kier alpha value is -2.93. The Bertz CT molecular complexity index is 1290. The number of aromatic amines is 1. The molecule has 162 valence electrons. The minimum Gasteiger partial charge on any atom is -0.456 e. The van der Waals surface area contributed by atoms with Crippen molar-refractivity contribution >= 4 is 22.8 Å². The summed E-state index contributed by atoms with van der Waals surface area (Å²) >= 11 is 6.58. The number of aromatic nitrogens is 3. The van der Waals surface area contributed by atoms with E-state index in [1.54, 1.807) is 0 Å². The summed E-state index contributed by atoms with van der Waals surface area (Å²) in [4.78, 5) is 12.4. The third-order valence-corrected chi connectivity index (χ3v) is 6.49. The molecule has 1 N–H and O–H groups in total. The number of hydrogen-bond donors (Lipinski definition) is 1. The van der Waals surface area contributed by atoms with Crippen LogP contribution in [0.1, 0.15) is 12.0 Å². The van der Waals surface area contributed by atoms with Gasteiger partial charge in [-0.3, -0.25) is 0 Å². The molecule has 6 rings (SSSR count). The van der Waals surface area contributed by atoms with Crippen LogP contribution in [0.15, 0.2) is 54.6 Å². The van der Waals surface area contributed by atoms with Crippen LogP contribution in [0.3, 0.4) is 0 Å². The van der Waals surface area contributed by atoms with Crippen LogP contribution in [0.5, 0.6) is 6.01 Å². The van der Waals surface area contributed by atoms with Gasteiger partial charge in [0.05, 0.1) is 28.9 Å². The van der Waals surface area contributed by atoms with E-state index in [9.17, 15) is 0 Å². The van der Waals surface area contributed by atoms with E-state index in [1.165, 1.54) is 11.1 Å². The molecule has 4 aromatic rings. The number of imidazole rings is 1. The SMILES string of the molecule is Cc1ccccc1-c1ccc(-c2nc3nc(O[C@@H]4CO[C@@H]5CCO[C@@H]54)[nH]c3cc2Cl)cc1. The number of ether oxygens (including phenoxy) is 3. The summed E-state index contributed by atoms with van der Waals surface area (Å²) in [5.41, 5.74) is 6.53. The van der Waals surface area contributed by atoms with Gasteiger partial charge >= 0.3 is 0 Å². The molecule has 6 nitrogen and oxygen atoms in total. The summed E-state index contributed by atoms with van der Waals surface area (Å²) in [6.45, 7) is 3.32. The van der Waals surface area contributed by atoms with Gasteiger partial charge in [-0.25, -0.2) is 4.98 Å². The molecule has 2 aliphatic rings. The number of nitrogens with one attached hydrogen (secondary N) is 1. The second-order valence-corrected chi connectivity index (χ2v) is 8.68. The van der Waals surface area contributed by atoms with Crippen LogP contribution < -0.4 is 4.74 Å². The van der Waals surface area contributed by atoms with Crippen LogP contribution in [0, 0.1) is 6.92 Å². The number of nitrogens with zero attached hydrogens (tertiary/aromatic N) is 2. The van der Waals surface area contributed by atoms with Crippen molar-refractivity contribution in [3.63, 3.8) is 0 Å². The first-order chi connectivity index (χ1) is 15.7. The Balaban J connectivity index is 1.28. The second kappa shape index (κ2) is 7.89. The molecule has 2 saturated heterocycles. The lowest BCUT2D eigenvalue weighted by atomic mass is 9.99. The first kappa shape index (κ1) is 19.7. The standard InChI is InChI=1S/C25H22ClN3O3/c1-14-4-2-3-5-17(14)15-6-8-16(9-7-15)22-18(26)12-19-24(28-22)29-25(27-19)32-21-13-31-20-10-11-30-23(20)21/h2-9,12,20-21,23H,10-11,13H2,1H3,(H,27,28,29)/t20-,21-,23+/m1/s1. The number of aryl methyl sites for hydroxylation is 1. The van der Waals surface area contributed by atoms with Crippen molar-refractivity contribution in [2.24, 2.45) is 0 Å². The first-order valence-electron chi connectivity index (χ1n) is 10.8. The Morgan fingerprint density at radius 2 is 1.84 bits per heavy atom. The Morgan fingerprint density at radius 3 is 2.69 bits per heavy atom. The maximum Gasteiger partial charge on any atom is 0.296 e. The van der Waals surface area contributed by atoms with Crippen LogP contribution in [0.2, 0.25) is 5.02 Å². The van der Waals surface area contributed by atoms with Crippen LogP contribution in [-0.4, -0.2) is 46.5 Å². The molecule has 0 bridgehead atoms. The zero-order valence-corrected chi connectivity index (χ0v) is 18.3. The van der Waals surface area contributed by atoms with Gasteiger partial charge in [-0.2, -0.15) is 4.98 Å². The molecule has 7 heteroatoms. The smallest absolute Gasteiger partial charge is 0.296 e. The first-order valence-corrected chi connectivity index (χ1v) is 11.2. The quantitative estimate of drug-likeness (QED) is 0.466. The Kier molecular flexibility index (Phi) is 4.86. The van der Waals surface area contributed by atoms with Crippen molar-refractivity contribution in [2.45, 2.75) is 31.7 Å². The number of H-pyrrole nitrogens is 1. The van der Waals surface area contributed by atoms with Gasteiger partial charge in [0.1, 0.15) is 6.10 Å². The molecule has 4 heterocycles. The molecule has 32 heavy (non-hydrogen) atoms. The predicted octanol–water partition coefficient (Wildman–Crippen LogP) is 5.19. The highest BCUT2D eigenvalue weighted by molar-refractivity contribution is 6.33. The number of benzene rings is 2. The highest BCUT2D eigenvalue weighted by Gasteiger charge is 2.43. The van der Waals surface area contributed by atoms with E-state index >= 15 is 0 Å². The van der Waals surface area contributed by atoms with Crippen molar-refractivity contribution < 1.29 is 14.2 Å². The fraction of sp³-hybridized carbons (Fsp3) is 0.280. The van der Waals surface area contributed by atoms with Gasteiger partial charge in [0.25, 0.3) is 6.01 Å². The van der Waals surface area contributed by atoms with Gasteiger partial charge in [0.15, 0.2) is 11.8 Å². The zero-order chi connectivity index (χ0) is 21.7. The molecule has 0 amide bonds. The van der Waals surface area contributed by atoms with Gasteiger partial charge in [0.2, 0.25) is 0 Å². The Labute approximate surface area is 190 Å². The molecule has 0 spiro atoms. The van der Waals surface area contributed by atoms with E-state index in [1.807, 2.05) is 24.3 Å². The van der Waals surface area contributed by atoms with Crippen LogP contribution in [0.4, 0.5) is 0 Å². The van der Waals surface area contributed by atoms with Crippen molar-refractivity contribution in [3.8, 4) is 28.4 Å². The van der Waals surface area contributed by atoms with Crippen LogP contribution in [-0.2, 0) is 9.47 Å². The highest BCUT2D eigenvalue weighted by atomic mass is 35.5. The summed E-state index contributed by atoms with van der Waals surface area (Å²) in [6.07, 6.45) is 0.814. The normalized spacial score (nSPS) is 22.4. The van der Waals surface area contributed by atoms with Gasteiger partial charge in [-0.05, 0) is 36.1 Å². The molecule has 0 aliphatic carbocycles. The molecule has 0 saturated carbocycles. The van der Waals surface area contributed by atoms with Crippen molar-refractivity contribution in [2.75, 3.05) is 13.2 Å². The maximum absolute atomic E-state index is 6.58. The molecular weight excluding hydrogens is 426 g/mol. The number of rotatable bonds is 4. The predicted molar refractivity (Wildman–Crippen MR) is 123 cm³/mol. The van der Waals surface area contributed by atoms with E-state index in [-0.39, 0.29) is 18.3 Å². The highest BCUT2D eigenvalue weighted by Crippen LogP contribution is 2.33. The lowest BCUT2D eigenvalue weighted by Gasteiger charge is -2.15. The van der Waals surface area contributed by atoms with E-state index in [0.717, 1.165) is 23.1 Å². The van der Waals surface area contributed by atoms with Crippen LogP contribution in [0.25, 0.3) is 33.5 Å². The van der Waals surface area contributed by atoms with E-state index in [0.29, 0.717) is 35.6 Å². The summed E-state index contributed by atoms with van der Waals surface area (Å²) < 4.78 is 17.5. The molecule has 0 unspecified atom stereocenters. The third-order valence-electron chi connectivity index (χ3n) is 6.20. The largest absolute Gasteiger partial charge is 0.456 e. The average Bonchev–Trinajstić information content (AvgIpc) is 3.51. The maximum atomic E-state index is 6.58. The van der Waals surface area contributed by atoms with Gasteiger partial charge in [-0.1, -0.05) is 60.1 Å². The lowest BCUT2D eigenvalue weighted by molar-refractivity contribution is 0.0273. The number of halogens is 1. The van der Waals surface area contributed by atoms with E-state index < -0.39 is 0 Å². The van der Waals surface area contributed by atoms with Crippen molar-refractivity contribution in [1.29, 1.82) is 0 Å². The van der Waals surface area contributed by atoms with E-state index in [2.05, 4.69) is 47.2 Å². The molecule has 3 atom stereocenters. The third kappa shape index (κ3) is 3.45. The Morgan fingerprint density at radius 1 is 1.03 bits per heavy atom. The molecule has 2 aromatic heterocycles. The summed E-state index contributed by atoms with van der Waals surface area (Å²) in [5, 5.41) is 0.555. The van der Waals surface area contributed by atoms with Gasteiger partial charge in [0, 0.05) is 12.2 Å². The minimum absolute atomic E-state index is 0.0397. The molecule has 2 fully saturated rings. The second-order valence-electron chi connectivity index (χ2n) is 8.28. The topological polar surface area (TPSA) is 69.3 Å². The van der Waals surface area contributed by atoms with Crippen molar-refractivity contribution in [3.05, 3.63) is 65.2 Å². The molecule has 0 radical (unpaired) electrons. The molecule has 2 aliphatic heterocycles. The number of pyridine rings is 1. The van der Waals surface area contributed by atoms with Crippen LogP contribution >= 0.6 is 11.6 Å². The average molecular weight is 448 g/mol. The van der Waals surface area contributed by atoms with E-state index in [4.69, 9.17) is 30.8 Å². The zero-order valence-electron chi connectivity index (χ0n) is 17.5. The summed E-state index contributed by atoms with van der Waals surface area (Å²) in [6, 6.07) is 18.9. The molecular formula is C25H22ClN3O3. The lowest BCUT2D eigenvalue weighted by Crippen LogP contribution is -2.32. The summed E-state index contributed by atoms with van der Waals surface area (Å²) in [7, 11) is 0. The fourth-order valence-electron chi connectivity index (χ4n) is 4.53. The minimum atomic E-state index is -0.174. The van der Waals surface area contributed by atoms with Gasteiger partial charge < -0.3 is 19.2 Å². The summed E-state index contributed by atoms with van der Waals surface area (Å²) in [5.74, 6) is 0. The molecule has 2 aromatic carbocycles. The van der Waals surface area contributed by atoms with Crippen molar-refractivity contribution in [1.82, 2.24) is 15.0 Å². The number of fused-ring (bicyclic) bond motifs is 2.